The summed E-state index contributed by atoms with van der Waals surface area (Å²) in [5.74, 6) is 0.0217. The highest BCUT2D eigenvalue weighted by Gasteiger charge is 2.30. The molecule has 2 aromatic carbocycles. The highest BCUT2D eigenvalue weighted by molar-refractivity contribution is 6.00. The van der Waals surface area contributed by atoms with Crippen molar-refractivity contribution in [3.8, 4) is 11.1 Å². The van der Waals surface area contributed by atoms with E-state index in [0.717, 1.165) is 54.4 Å². The third-order valence-electron chi connectivity index (χ3n) is 8.35. The summed E-state index contributed by atoms with van der Waals surface area (Å²) in [5.41, 5.74) is 11.2. The van der Waals surface area contributed by atoms with E-state index in [9.17, 15) is 4.79 Å². The molecule has 1 aliphatic heterocycles. The molecule has 1 saturated heterocycles. The number of hydrogen-bond donors (Lipinski definition) is 3. The first-order chi connectivity index (χ1) is 19.9. The van der Waals surface area contributed by atoms with E-state index in [1.54, 1.807) is 6.07 Å². The maximum absolute atomic E-state index is 15.4. The number of anilines is 3. The van der Waals surface area contributed by atoms with Crippen LogP contribution in [0.1, 0.15) is 37.3 Å². The van der Waals surface area contributed by atoms with E-state index >= 15 is 4.39 Å². The number of benzene rings is 2. The molecular formula is C30H31FN8O2. The molecular weight excluding hydrogens is 523 g/mol. The third-order valence-corrected chi connectivity index (χ3v) is 8.35. The molecule has 0 radical (unpaired) electrons. The zero-order chi connectivity index (χ0) is 28.1. The molecule has 1 amide bonds. The lowest BCUT2D eigenvalue weighted by atomic mass is 9.89. The topological polar surface area (TPSA) is 127 Å². The number of halogens is 1. The van der Waals surface area contributed by atoms with Crippen molar-refractivity contribution in [1.29, 1.82) is 0 Å². The Labute approximate surface area is 235 Å². The van der Waals surface area contributed by atoms with Gasteiger partial charge in [-0.25, -0.2) is 14.4 Å². The first kappa shape index (κ1) is 25.5. The summed E-state index contributed by atoms with van der Waals surface area (Å²) in [6.45, 7) is 4.05. The van der Waals surface area contributed by atoms with Crippen LogP contribution < -0.4 is 16.4 Å². The lowest BCUT2D eigenvalue weighted by Crippen LogP contribution is -2.52. The fourth-order valence-electron chi connectivity index (χ4n) is 6.27. The number of fused-ring (bicyclic) bond motifs is 2. The van der Waals surface area contributed by atoms with Gasteiger partial charge in [-0.05, 0) is 68.0 Å². The number of carbonyl (C=O) groups excluding carboxylic acids is 1. The zero-order valence-corrected chi connectivity index (χ0v) is 22.7. The fourth-order valence-corrected chi connectivity index (χ4v) is 6.27. The van der Waals surface area contributed by atoms with Crippen molar-refractivity contribution in [1.82, 2.24) is 29.7 Å². The average Bonchev–Trinajstić information content (AvgIpc) is 3.56. The van der Waals surface area contributed by atoms with E-state index in [1.165, 1.54) is 12.4 Å². The van der Waals surface area contributed by atoms with Crippen molar-refractivity contribution >= 4 is 45.6 Å². The van der Waals surface area contributed by atoms with Gasteiger partial charge in [0.1, 0.15) is 29.1 Å². The van der Waals surface area contributed by atoms with Crippen LogP contribution in [0, 0.1) is 12.7 Å². The summed E-state index contributed by atoms with van der Waals surface area (Å²) in [7, 11) is 0. The molecule has 4 N–H and O–H groups in total. The van der Waals surface area contributed by atoms with Crippen molar-refractivity contribution in [3.63, 3.8) is 0 Å². The lowest BCUT2D eigenvalue weighted by Gasteiger charge is -2.38. The second-order valence-electron chi connectivity index (χ2n) is 11.0. The minimum atomic E-state index is -0.441. The van der Waals surface area contributed by atoms with Crippen LogP contribution in [0.25, 0.3) is 33.3 Å². The largest absolute Gasteiger partial charge is 0.423 e. The maximum Gasteiger partial charge on any atom is 0.300 e. The number of carbonyl (C=O) groups is 1. The summed E-state index contributed by atoms with van der Waals surface area (Å²) in [6, 6.07) is 11.6. The second kappa shape index (κ2) is 10.2. The molecule has 4 heterocycles. The van der Waals surface area contributed by atoms with E-state index in [0.29, 0.717) is 41.6 Å². The Bertz CT molecular complexity index is 1770. The Hall–Kier alpha value is -4.51. The molecule has 7 rings (SSSR count). The van der Waals surface area contributed by atoms with E-state index in [4.69, 9.17) is 10.2 Å². The van der Waals surface area contributed by atoms with Gasteiger partial charge in [0.05, 0.1) is 17.6 Å². The number of aryl methyl sites for hydroxylation is 1. The third kappa shape index (κ3) is 4.76. The van der Waals surface area contributed by atoms with Crippen molar-refractivity contribution < 1.29 is 13.6 Å². The number of amides is 1. The number of nitrogen functional groups attached to an aromatic ring is 1. The van der Waals surface area contributed by atoms with Crippen LogP contribution in [-0.2, 0) is 4.79 Å². The smallest absolute Gasteiger partial charge is 0.300 e. The number of nitrogens with two attached hydrogens (primary N) is 1. The standard InChI is InChI=1S/C30H31FN8O2/c1-17-2-9-25-24(12-17)37-30(41-25)36-23-8-3-18(13-22(23)31)21-14-39(29-27(21)28(32)34-16-35-29)20-6-4-19(5-7-20)38-11-10-33-26(40)15-38/h2-3,8-9,12-14,16,19-20H,4-7,10-11,15H2,1H3,(H,33,40)(H,36,37)(H2,32,34,35)/t19-,20-. The van der Waals surface area contributed by atoms with Crippen molar-refractivity contribution in [2.75, 3.05) is 30.7 Å². The molecule has 5 aromatic rings. The number of piperazine rings is 1. The van der Waals surface area contributed by atoms with Crippen molar-refractivity contribution in [2.24, 2.45) is 0 Å². The monoisotopic (exact) mass is 554 g/mol. The van der Waals surface area contributed by atoms with Gasteiger partial charge >= 0.3 is 0 Å². The van der Waals surface area contributed by atoms with Gasteiger partial charge in [0, 0.05) is 36.9 Å². The molecule has 2 fully saturated rings. The molecule has 1 aliphatic carbocycles. The molecule has 210 valence electrons. The summed E-state index contributed by atoms with van der Waals surface area (Å²) < 4.78 is 23.3. The van der Waals surface area contributed by atoms with E-state index in [1.807, 2.05) is 37.4 Å². The zero-order valence-electron chi connectivity index (χ0n) is 22.7. The molecule has 0 atom stereocenters. The predicted octanol–water partition coefficient (Wildman–Crippen LogP) is 4.93. The van der Waals surface area contributed by atoms with Gasteiger partial charge in [-0.15, -0.1) is 0 Å². The number of hydrogen-bond acceptors (Lipinski definition) is 8. The van der Waals surface area contributed by atoms with Gasteiger partial charge in [0.25, 0.3) is 6.01 Å². The van der Waals surface area contributed by atoms with E-state index in [2.05, 4.69) is 35.1 Å². The molecule has 1 saturated carbocycles. The van der Waals surface area contributed by atoms with Gasteiger partial charge < -0.3 is 25.4 Å². The van der Waals surface area contributed by atoms with E-state index < -0.39 is 5.82 Å². The summed E-state index contributed by atoms with van der Waals surface area (Å²) in [4.78, 5) is 27.4. The molecule has 10 nitrogen and oxygen atoms in total. The fraction of sp³-hybridized carbons (Fsp3) is 0.333. The number of nitrogens with zero attached hydrogens (tertiary/aromatic N) is 5. The van der Waals surface area contributed by atoms with E-state index in [-0.39, 0.29) is 23.7 Å². The molecule has 41 heavy (non-hydrogen) atoms. The quantitative estimate of drug-likeness (QED) is 0.279. The van der Waals surface area contributed by atoms with Gasteiger partial charge in [0.2, 0.25) is 5.91 Å². The van der Waals surface area contributed by atoms with Gasteiger partial charge in [-0.2, -0.15) is 4.98 Å². The minimum Gasteiger partial charge on any atom is -0.423 e. The minimum absolute atomic E-state index is 0.101. The first-order valence-corrected chi connectivity index (χ1v) is 14.0. The summed E-state index contributed by atoms with van der Waals surface area (Å²) in [5, 5.41) is 6.59. The van der Waals surface area contributed by atoms with Gasteiger partial charge in [-0.3, -0.25) is 9.69 Å². The highest BCUT2D eigenvalue weighted by Crippen LogP contribution is 2.39. The first-order valence-electron chi connectivity index (χ1n) is 14.0. The number of nitrogens with one attached hydrogen (secondary N) is 2. The molecule has 3 aromatic heterocycles. The second-order valence-corrected chi connectivity index (χ2v) is 11.0. The van der Waals surface area contributed by atoms with Crippen LogP contribution in [-0.4, -0.2) is 56.0 Å². The molecule has 11 heteroatoms. The number of aromatic nitrogens is 4. The summed E-state index contributed by atoms with van der Waals surface area (Å²) >= 11 is 0. The molecule has 0 spiro atoms. The maximum atomic E-state index is 15.4. The summed E-state index contributed by atoms with van der Waals surface area (Å²) in [6.07, 6.45) is 7.41. The van der Waals surface area contributed by atoms with Crippen molar-refractivity contribution in [2.45, 2.75) is 44.7 Å². The van der Waals surface area contributed by atoms with Crippen LogP contribution in [0.5, 0.6) is 0 Å². The molecule has 0 bridgehead atoms. The SMILES string of the molecule is Cc1ccc2oc(Nc3ccc(-c4cn([C@H]5CC[C@H](N6CCNC(=O)C6)CC5)c5ncnc(N)c45)cc3F)nc2c1. The Morgan fingerprint density at radius 3 is 2.73 bits per heavy atom. The predicted molar refractivity (Wildman–Crippen MR) is 155 cm³/mol. The highest BCUT2D eigenvalue weighted by atomic mass is 19.1. The Kier molecular flexibility index (Phi) is 6.30. The molecule has 0 unspecified atom stereocenters. The van der Waals surface area contributed by atoms with Crippen molar-refractivity contribution in [3.05, 3.63) is 60.3 Å². The van der Waals surface area contributed by atoms with Crippen LogP contribution in [0.3, 0.4) is 0 Å². The number of oxazole rings is 1. The van der Waals surface area contributed by atoms with Crippen LogP contribution in [0.4, 0.5) is 21.9 Å². The van der Waals surface area contributed by atoms with Crippen LogP contribution in [0.15, 0.2) is 53.3 Å². The van der Waals surface area contributed by atoms with Gasteiger partial charge in [-0.1, -0.05) is 12.1 Å². The number of rotatable bonds is 5. The Morgan fingerprint density at radius 1 is 1.10 bits per heavy atom. The van der Waals surface area contributed by atoms with Gasteiger partial charge in [0.15, 0.2) is 5.58 Å². The van der Waals surface area contributed by atoms with Crippen LogP contribution >= 0.6 is 0 Å². The van der Waals surface area contributed by atoms with Crippen LogP contribution in [0.2, 0.25) is 0 Å². The normalized spacial score (nSPS) is 20.0. The Morgan fingerprint density at radius 2 is 1.93 bits per heavy atom. The lowest BCUT2D eigenvalue weighted by molar-refractivity contribution is -0.125. The Balaban J connectivity index is 1.15. The average molecular weight is 555 g/mol. The molecule has 2 aliphatic rings.